The van der Waals surface area contributed by atoms with Gasteiger partial charge in [-0.25, -0.2) is 9.98 Å². The highest BCUT2D eigenvalue weighted by atomic mass is 79.9. The number of guanidine groups is 1. The summed E-state index contributed by atoms with van der Waals surface area (Å²) in [5, 5.41) is 25.9. The molecule has 1 aromatic heterocycles. The third-order valence-electron chi connectivity index (χ3n) is 4.53. The van der Waals surface area contributed by atoms with Crippen molar-refractivity contribution in [3.8, 4) is 12.3 Å². The summed E-state index contributed by atoms with van der Waals surface area (Å²) in [5.41, 5.74) is 13.8. The number of rotatable bonds is 1. The van der Waals surface area contributed by atoms with Gasteiger partial charge in [0.15, 0.2) is 6.19 Å². The average Bonchev–Trinajstić information content (AvgIpc) is 2.68. The number of hydrogen-bond acceptors (Lipinski definition) is 8. The number of fused-ring (bicyclic) bond motifs is 2. The molecule has 0 saturated heterocycles. The number of aliphatic imine (C=N–C) groups is 1. The summed E-state index contributed by atoms with van der Waals surface area (Å²) < 4.78 is 0.946. The van der Waals surface area contributed by atoms with E-state index in [0.29, 0.717) is 11.4 Å². The Labute approximate surface area is 168 Å². The minimum Gasteiger partial charge on any atom is -0.397 e. The van der Waals surface area contributed by atoms with Gasteiger partial charge in [-0.15, -0.1) is 0 Å². The zero-order valence-corrected chi connectivity index (χ0v) is 15.9. The Balaban J connectivity index is 1.97. The molecule has 1 unspecified atom stereocenters. The zero-order chi connectivity index (χ0) is 19.8. The predicted octanol–water partition coefficient (Wildman–Crippen LogP) is 2.97. The van der Waals surface area contributed by atoms with Gasteiger partial charge in [-0.1, -0.05) is 40.2 Å². The zero-order valence-electron chi connectivity index (χ0n) is 14.4. The second-order valence-corrected chi connectivity index (χ2v) is 6.98. The molecule has 0 spiro atoms. The van der Waals surface area contributed by atoms with Crippen LogP contribution in [-0.2, 0) is 0 Å². The van der Waals surface area contributed by atoms with Crippen LogP contribution in [0.1, 0.15) is 22.7 Å². The molecule has 2 heterocycles. The minimum absolute atomic E-state index is 0.0180. The van der Waals surface area contributed by atoms with Crippen LogP contribution in [-0.4, -0.2) is 10.9 Å². The number of nitriles is 2. The Kier molecular flexibility index (Phi) is 4.22. The molecule has 2 aromatic carbocycles. The lowest BCUT2D eigenvalue weighted by Crippen LogP contribution is -2.32. The van der Waals surface area contributed by atoms with Crippen LogP contribution >= 0.6 is 15.9 Å². The standard InChI is InChI=1S/C19H13BrN8/c20-13-3-1-2-9-4-5-10(6-11(9)13)16-14-15(23)12(7-21)17(24)27-18(14)28-19(26-16)25-8-22/h1-6,16H,(H6,23,24,25,26,27,28). The van der Waals surface area contributed by atoms with Crippen molar-refractivity contribution in [1.29, 1.82) is 10.5 Å². The molecule has 0 fully saturated rings. The summed E-state index contributed by atoms with van der Waals surface area (Å²) in [6, 6.07) is 13.3. The number of nitrogens with zero attached hydrogens (tertiary/aromatic N) is 4. The Morgan fingerprint density at radius 2 is 2.00 bits per heavy atom. The lowest BCUT2D eigenvalue weighted by atomic mass is 9.93. The van der Waals surface area contributed by atoms with Gasteiger partial charge in [0.1, 0.15) is 29.3 Å². The molecule has 0 radical (unpaired) electrons. The van der Waals surface area contributed by atoms with E-state index in [4.69, 9.17) is 16.7 Å². The first-order chi connectivity index (χ1) is 13.5. The fourth-order valence-corrected chi connectivity index (χ4v) is 3.74. The molecular formula is C19H13BrN8. The molecule has 1 aliphatic rings. The van der Waals surface area contributed by atoms with Crippen molar-refractivity contribution in [2.75, 3.05) is 16.8 Å². The van der Waals surface area contributed by atoms with Gasteiger partial charge in [0.05, 0.1) is 5.69 Å². The largest absolute Gasteiger partial charge is 0.397 e. The molecule has 6 N–H and O–H groups in total. The van der Waals surface area contributed by atoms with Crippen LogP contribution < -0.4 is 22.1 Å². The summed E-state index contributed by atoms with van der Waals surface area (Å²) >= 11 is 3.57. The first-order valence-corrected chi connectivity index (χ1v) is 8.99. The molecule has 3 aromatic rings. The number of hydrogen-bond donors (Lipinski definition) is 4. The number of nitrogens with one attached hydrogen (secondary N) is 2. The van der Waals surface area contributed by atoms with Crippen LogP contribution in [0.15, 0.2) is 45.9 Å². The number of anilines is 3. The molecule has 0 saturated carbocycles. The third kappa shape index (κ3) is 2.75. The monoisotopic (exact) mass is 432 g/mol. The number of halogens is 1. The van der Waals surface area contributed by atoms with E-state index in [1.165, 1.54) is 0 Å². The number of nitrogen functional groups attached to an aromatic ring is 2. The van der Waals surface area contributed by atoms with Gasteiger partial charge < -0.3 is 16.8 Å². The predicted molar refractivity (Wildman–Crippen MR) is 111 cm³/mol. The summed E-state index contributed by atoms with van der Waals surface area (Å²) in [5.74, 6) is 0.603. The van der Waals surface area contributed by atoms with Gasteiger partial charge >= 0.3 is 0 Å². The van der Waals surface area contributed by atoms with Gasteiger partial charge in [0.25, 0.3) is 0 Å². The van der Waals surface area contributed by atoms with E-state index < -0.39 is 6.04 Å². The summed E-state index contributed by atoms with van der Waals surface area (Å²) in [6.07, 6.45) is 1.84. The number of pyridine rings is 1. The van der Waals surface area contributed by atoms with Crippen molar-refractivity contribution in [3.05, 3.63) is 57.6 Å². The van der Waals surface area contributed by atoms with Crippen molar-refractivity contribution in [1.82, 2.24) is 10.3 Å². The molecule has 28 heavy (non-hydrogen) atoms. The fourth-order valence-electron chi connectivity index (χ4n) is 3.24. The van der Waals surface area contributed by atoms with Gasteiger partial charge in [-0.2, -0.15) is 10.5 Å². The van der Waals surface area contributed by atoms with E-state index in [-0.39, 0.29) is 23.0 Å². The summed E-state index contributed by atoms with van der Waals surface area (Å²) in [7, 11) is 0. The molecule has 4 rings (SSSR count). The molecule has 0 bridgehead atoms. The Bertz CT molecular complexity index is 1240. The lowest BCUT2D eigenvalue weighted by Gasteiger charge is -2.26. The highest BCUT2D eigenvalue weighted by Gasteiger charge is 2.29. The van der Waals surface area contributed by atoms with Crippen molar-refractivity contribution < 1.29 is 0 Å². The summed E-state index contributed by atoms with van der Waals surface area (Å²) in [6.45, 7) is 0. The van der Waals surface area contributed by atoms with E-state index in [2.05, 4.69) is 36.5 Å². The summed E-state index contributed by atoms with van der Waals surface area (Å²) in [4.78, 5) is 8.83. The van der Waals surface area contributed by atoms with Crippen LogP contribution in [0.5, 0.6) is 0 Å². The number of aromatic nitrogens is 1. The Morgan fingerprint density at radius 1 is 1.18 bits per heavy atom. The quantitative estimate of drug-likeness (QED) is 0.340. The first kappa shape index (κ1) is 17.6. The maximum Gasteiger partial charge on any atom is 0.211 e. The van der Waals surface area contributed by atoms with E-state index in [1.54, 1.807) is 0 Å². The van der Waals surface area contributed by atoms with Gasteiger partial charge in [0.2, 0.25) is 5.96 Å². The van der Waals surface area contributed by atoms with Crippen LogP contribution in [0.25, 0.3) is 10.8 Å². The van der Waals surface area contributed by atoms with Crippen LogP contribution in [0.3, 0.4) is 0 Å². The van der Waals surface area contributed by atoms with Crippen molar-refractivity contribution in [2.24, 2.45) is 4.99 Å². The van der Waals surface area contributed by atoms with E-state index >= 15 is 0 Å². The number of nitrogens with two attached hydrogens (primary N) is 2. The van der Waals surface area contributed by atoms with Crippen molar-refractivity contribution >= 4 is 50.0 Å². The second kappa shape index (κ2) is 6.72. The molecule has 0 amide bonds. The molecule has 136 valence electrons. The molecule has 1 aliphatic heterocycles. The normalized spacial score (nSPS) is 15.0. The van der Waals surface area contributed by atoms with E-state index in [9.17, 15) is 5.26 Å². The SMILES string of the molecule is N#CNC1=NC(c2ccc3cccc(Br)c3c2)c2c(nc(N)c(C#N)c2N)N1. The van der Waals surface area contributed by atoms with Crippen LogP contribution in [0, 0.1) is 22.8 Å². The third-order valence-corrected chi connectivity index (χ3v) is 5.22. The van der Waals surface area contributed by atoms with Crippen LogP contribution in [0.4, 0.5) is 17.3 Å². The van der Waals surface area contributed by atoms with Crippen molar-refractivity contribution in [2.45, 2.75) is 6.04 Å². The van der Waals surface area contributed by atoms with Crippen molar-refractivity contribution in [3.63, 3.8) is 0 Å². The lowest BCUT2D eigenvalue weighted by molar-refractivity contribution is 0.848. The smallest absolute Gasteiger partial charge is 0.211 e. The topological polar surface area (TPSA) is 149 Å². The second-order valence-electron chi connectivity index (χ2n) is 6.12. The first-order valence-electron chi connectivity index (χ1n) is 8.20. The maximum atomic E-state index is 9.40. The minimum atomic E-state index is -0.566. The average molecular weight is 433 g/mol. The van der Waals surface area contributed by atoms with Crippen LogP contribution in [0.2, 0.25) is 0 Å². The molecular weight excluding hydrogens is 420 g/mol. The molecule has 8 nitrogen and oxygen atoms in total. The fraction of sp³-hybridized carbons (Fsp3) is 0.0526. The van der Waals surface area contributed by atoms with E-state index in [1.807, 2.05) is 48.7 Å². The molecule has 9 heteroatoms. The van der Waals surface area contributed by atoms with Gasteiger partial charge in [-0.05, 0) is 28.5 Å². The van der Waals surface area contributed by atoms with E-state index in [0.717, 1.165) is 20.8 Å². The van der Waals surface area contributed by atoms with Gasteiger partial charge in [-0.3, -0.25) is 5.32 Å². The number of benzene rings is 2. The Hall–Kier alpha value is -3.82. The van der Waals surface area contributed by atoms with Gasteiger partial charge in [0, 0.05) is 10.0 Å². The highest BCUT2D eigenvalue weighted by Crippen LogP contribution is 2.41. The highest BCUT2D eigenvalue weighted by molar-refractivity contribution is 9.10. The molecule has 0 aliphatic carbocycles. The molecule has 1 atom stereocenters. The Morgan fingerprint density at radius 3 is 2.75 bits per heavy atom. The maximum absolute atomic E-state index is 9.40.